The van der Waals surface area contributed by atoms with E-state index in [4.69, 9.17) is 4.52 Å². The van der Waals surface area contributed by atoms with Gasteiger partial charge in [-0.3, -0.25) is 0 Å². The van der Waals surface area contributed by atoms with E-state index in [1.807, 2.05) is 30.3 Å². The van der Waals surface area contributed by atoms with E-state index < -0.39 is 10.0 Å². The van der Waals surface area contributed by atoms with Crippen LogP contribution < -0.4 is 4.72 Å². The van der Waals surface area contributed by atoms with Crippen LogP contribution in [0.3, 0.4) is 0 Å². The molecular formula is C13H16N2O3S. The molecule has 0 saturated heterocycles. The van der Waals surface area contributed by atoms with Gasteiger partial charge in [-0.25, -0.2) is 13.1 Å². The lowest BCUT2D eigenvalue weighted by Crippen LogP contribution is -2.27. The summed E-state index contributed by atoms with van der Waals surface area (Å²) in [5.41, 5.74) is 1.27. The normalized spacial score (nSPS) is 13.4. The van der Waals surface area contributed by atoms with Crippen molar-refractivity contribution in [3.8, 4) is 0 Å². The van der Waals surface area contributed by atoms with Gasteiger partial charge in [0.1, 0.15) is 10.6 Å². The van der Waals surface area contributed by atoms with Crippen molar-refractivity contribution in [3.63, 3.8) is 0 Å². The maximum atomic E-state index is 12.3. The van der Waals surface area contributed by atoms with Gasteiger partial charge in [0, 0.05) is 6.04 Å². The molecule has 0 aliphatic heterocycles. The van der Waals surface area contributed by atoms with Crippen molar-refractivity contribution in [1.82, 2.24) is 9.88 Å². The van der Waals surface area contributed by atoms with Gasteiger partial charge in [-0.1, -0.05) is 35.5 Å². The first kappa shape index (κ1) is 13.8. The average Bonchev–Trinajstić information content (AvgIpc) is 2.70. The monoisotopic (exact) mass is 280 g/mol. The molecule has 5 nitrogen and oxygen atoms in total. The number of aromatic nitrogens is 1. The second kappa shape index (κ2) is 5.14. The molecule has 1 unspecified atom stereocenters. The third-order valence-corrected chi connectivity index (χ3v) is 4.65. The lowest BCUT2D eigenvalue weighted by atomic mass is 10.1. The summed E-state index contributed by atoms with van der Waals surface area (Å²) in [6.07, 6.45) is 0. The first-order valence-corrected chi connectivity index (χ1v) is 7.40. The van der Waals surface area contributed by atoms with Crippen molar-refractivity contribution < 1.29 is 12.9 Å². The summed E-state index contributed by atoms with van der Waals surface area (Å²) in [7, 11) is -3.63. The largest absolute Gasteiger partial charge is 0.360 e. The maximum Gasteiger partial charge on any atom is 0.246 e. The molecule has 0 spiro atoms. The highest BCUT2D eigenvalue weighted by Gasteiger charge is 2.26. The van der Waals surface area contributed by atoms with Gasteiger partial charge in [0.2, 0.25) is 10.0 Å². The molecule has 0 amide bonds. The van der Waals surface area contributed by atoms with Crippen molar-refractivity contribution in [3.05, 3.63) is 47.3 Å². The summed E-state index contributed by atoms with van der Waals surface area (Å²) in [5.74, 6) is 0.297. The number of aryl methyl sites for hydroxylation is 2. The third-order valence-electron chi connectivity index (χ3n) is 2.87. The van der Waals surface area contributed by atoms with Crippen molar-refractivity contribution in [2.24, 2.45) is 0 Å². The van der Waals surface area contributed by atoms with E-state index in [9.17, 15) is 8.42 Å². The zero-order valence-electron chi connectivity index (χ0n) is 11.0. The highest BCUT2D eigenvalue weighted by Crippen LogP contribution is 2.21. The van der Waals surface area contributed by atoms with Gasteiger partial charge < -0.3 is 4.52 Å². The molecule has 1 heterocycles. The Morgan fingerprint density at radius 3 is 2.37 bits per heavy atom. The highest BCUT2D eigenvalue weighted by atomic mass is 32.2. The second-order valence-corrected chi connectivity index (χ2v) is 6.06. The molecule has 1 atom stereocenters. The van der Waals surface area contributed by atoms with Gasteiger partial charge >= 0.3 is 0 Å². The Morgan fingerprint density at radius 1 is 1.21 bits per heavy atom. The Kier molecular flexibility index (Phi) is 3.73. The van der Waals surface area contributed by atoms with Crippen LogP contribution in [-0.4, -0.2) is 13.6 Å². The molecule has 0 aliphatic carbocycles. The first-order chi connectivity index (χ1) is 8.92. The highest BCUT2D eigenvalue weighted by molar-refractivity contribution is 7.89. The number of nitrogens with zero attached hydrogens (tertiary/aromatic N) is 1. The van der Waals surface area contributed by atoms with Crippen LogP contribution in [0.2, 0.25) is 0 Å². The summed E-state index contributed by atoms with van der Waals surface area (Å²) >= 11 is 0. The molecule has 2 rings (SSSR count). The van der Waals surface area contributed by atoms with Gasteiger partial charge in [0.15, 0.2) is 5.76 Å². The zero-order valence-corrected chi connectivity index (χ0v) is 11.9. The maximum absolute atomic E-state index is 12.3. The lowest BCUT2D eigenvalue weighted by Gasteiger charge is -2.14. The number of rotatable bonds is 4. The van der Waals surface area contributed by atoms with Crippen LogP contribution in [0, 0.1) is 13.8 Å². The average molecular weight is 280 g/mol. The Labute approximate surface area is 112 Å². The van der Waals surface area contributed by atoms with Crippen LogP contribution in [0.5, 0.6) is 0 Å². The third kappa shape index (κ3) is 2.85. The Bertz CT molecular complexity index is 643. The summed E-state index contributed by atoms with van der Waals surface area (Å²) in [5, 5.41) is 3.67. The molecule has 0 radical (unpaired) electrons. The summed E-state index contributed by atoms with van der Waals surface area (Å²) < 4.78 is 32.1. The molecule has 0 saturated carbocycles. The summed E-state index contributed by atoms with van der Waals surface area (Å²) in [6.45, 7) is 4.99. The van der Waals surface area contributed by atoms with E-state index in [0.29, 0.717) is 11.5 Å². The number of hydrogen-bond donors (Lipinski definition) is 1. The van der Waals surface area contributed by atoms with Crippen molar-refractivity contribution >= 4 is 10.0 Å². The van der Waals surface area contributed by atoms with E-state index in [1.54, 1.807) is 20.8 Å². The molecule has 0 bridgehead atoms. The molecule has 1 aromatic carbocycles. The van der Waals surface area contributed by atoms with Gasteiger partial charge in [-0.05, 0) is 26.3 Å². The topological polar surface area (TPSA) is 72.2 Å². The van der Waals surface area contributed by atoms with Crippen molar-refractivity contribution in [2.45, 2.75) is 31.7 Å². The van der Waals surface area contributed by atoms with Crippen molar-refractivity contribution in [1.29, 1.82) is 0 Å². The Morgan fingerprint density at radius 2 is 1.84 bits per heavy atom. The quantitative estimate of drug-likeness (QED) is 0.933. The van der Waals surface area contributed by atoms with Crippen LogP contribution in [0.1, 0.15) is 30.0 Å². The van der Waals surface area contributed by atoms with Crippen LogP contribution in [0.25, 0.3) is 0 Å². The molecule has 0 fully saturated rings. The van der Waals surface area contributed by atoms with E-state index in [-0.39, 0.29) is 10.9 Å². The van der Waals surface area contributed by atoms with Crippen LogP contribution >= 0.6 is 0 Å². The standard InChI is InChI=1S/C13H16N2O3S/c1-9(12-7-5-4-6-8-12)15-19(16,17)13-10(2)14-18-11(13)3/h4-9,15H,1-3H3. The minimum atomic E-state index is -3.63. The number of nitrogens with one attached hydrogen (secondary N) is 1. The predicted octanol–water partition coefficient (Wildman–Crippen LogP) is 2.33. The Hall–Kier alpha value is -1.66. The van der Waals surface area contributed by atoms with Crippen LogP contribution in [-0.2, 0) is 10.0 Å². The van der Waals surface area contributed by atoms with E-state index in [0.717, 1.165) is 5.56 Å². The number of hydrogen-bond acceptors (Lipinski definition) is 4. The van der Waals surface area contributed by atoms with Gasteiger partial charge in [0.25, 0.3) is 0 Å². The van der Waals surface area contributed by atoms with Gasteiger partial charge in [-0.15, -0.1) is 0 Å². The van der Waals surface area contributed by atoms with Crippen LogP contribution in [0.4, 0.5) is 0 Å². The van der Waals surface area contributed by atoms with E-state index >= 15 is 0 Å². The summed E-state index contributed by atoms with van der Waals surface area (Å²) in [4.78, 5) is 0.121. The lowest BCUT2D eigenvalue weighted by molar-refractivity contribution is 0.390. The molecule has 0 aliphatic rings. The molecule has 1 aromatic heterocycles. The molecule has 102 valence electrons. The fourth-order valence-corrected chi connectivity index (χ4v) is 3.52. The molecular weight excluding hydrogens is 264 g/mol. The van der Waals surface area contributed by atoms with E-state index in [1.165, 1.54) is 0 Å². The fraction of sp³-hybridized carbons (Fsp3) is 0.308. The van der Waals surface area contributed by atoms with Gasteiger partial charge in [-0.2, -0.15) is 0 Å². The molecule has 2 aromatic rings. The number of benzene rings is 1. The van der Waals surface area contributed by atoms with E-state index in [2.05, 4.69) is 9.88 Å². The smallest absolute Gasteiger partial charge is 0.246 e. The second-order valence-electron chi connectivity index (χ2n) is 4.41. The van der Waals surface area contributed by atoms with Gasteiger partial charge in [0.05, 0.1) is 0 Å². The minimum Gasteiger partial charge on any atom is -0.360 e. The Balaban J connectivity index is 2.28. The zero-order chi connectivity index (χ0) is 14.0. The minimum absolute atomic E-state index is 0.121. The predicted molar refractivity (Wildman–Crippen MR) is 71.2 cm³/mol. The molecule has 1 N–H and O–H groups in total. The van der Waals surface area contributed by atoms with Crippen molar-refractivity contribution in [2.75, 3.05) is 0 Å². The van der Waals surface area contributed by atoms with Crippen LogP contribution in [0.15, 0.2) is 39.8 Å². The fourth-order valence-electron chi connectivity index (χ4n) is 1.96. The first-order valence-electron chi connectivity index (χ1n) is 5.92. The summed E-state index contributed by atoms with van der Waals surface area (Å²) in [6, 6.07) is 9.06. The molecule has 6 heteroatoms. The SMILES string of the molecule is Cc1noc(C)c1S(=O)(=O)NC(C)c1ccccc1. The number of sulfonamides is 1. The molecule has 19 heavy (non-hydrogen) atoms.